The van der Waals surface area contributed by atoms with Gasteiger partial charge in [0.25, 0.3) is 5.91 Å². The van der Waals surface area contributed by atoms with Gasteiger partial charge < -0.3 is 10.6 Å². The van der Waals surface area contributed by atoms with E-state index in [1.165, 1.54) is 11.6 Å². The number of aryl methyl sites for hydroxylation is 1. The number of thiazole rings is 1. The third-order valence-electron chi connectivity index (χ3n) is 5.04. The number of nitrogens with zero attached hydrogens (tertiary/aromatic N) is 1. The van der Waals surface area contributed by atoms with Gasteiger partial charge in [0.2, 0.25) is 5.91 Å². The van der Waals surface area contributed by atoms with Gasteiger partial charge in [-0.2, -0.15) is 0 Å². The Morgan fingerprint density at radius 2 is 1.84 bits per heavy atom. The summed E-state index contributed by atoms with van der Waals surface area (Å²) in [5.41, 5.74) is 4.84. The van der Waals surface area contributed by atoms with Crippen molar-refractivity contribution in [2.45, 2.75) is 32.2 Å². The zero-order valence-corrected chi connectivity index (χ0v) is 18.2. The average molecular weight is 432 g/mol. The van der Waals surface area contributed by atoms with Crippen LogP contribution in [0.15, 0.2) is 60.0 Å². The van der Waals surface area contributed by atoms with E-state index in [-0.39, 0.29) is 11.8 Å². The molecule has 1 saturated carbocycles. The first-order valence-electron chi connectivity index (χ1n) is 10.4. The van der Waals surface area contributed by atoms with Gasteiger partial charge in [-0.15, -0.1) is 11.3 Å². The fourth-order valence-corrected chi connectivity index (χ4v) is 3.90. The van der Waals surface area contributed by atoms with Crippen LogP contribution >= 0.6 is 11.3 Å². The maximum absolute atomic E-state index is 12.1. The zero-order valence-electron chi connectivity index (χ0n) is 17.4. The van der Waals surface area contributed by atoms with E-state index in [1.54, 1.807) is 29.5 Å². The van der Waals surface area contributed by atoms with Crippen LogP contribution in [0.25, 0.3) is 16.6 Å². The first-order chi connectivity index (χ1) is 15.1. The van der Waals surface area contributed by atoms with Crippen molar-refractivity contribution < 1.29 is 9.59 Å². The minimum Gasteiger partial charge on any atom is -0.352 e. The Morgan fingerprint density at radius 1 is 1.10 bits per heavy atom. The minimum atomic E-state index is -0.149. The van der Waals surface area contributed by atoms with E-state index in [0.29, 0.717) is 24.6 Å². The summed E-state index contributed by atoms with van der Waals surface area (Å²) in [7, 11) is 0. The Bertz CT molecular complexity index is 1080. The summed E-state index contributed by atoms with van der Waals surface area (Å²) in [6.45, 7) is 2.60. The summed E-state index contributed by atoms with van der Waals surface area (Å²) >= 11 is 1.62. The van der Waals surface area contributed by atoms with Crippen LogP contribution in [0.3, 0.4) is 0 Å². The normalized spacial score (nSPS) is 13.3. The van der Waals surface area contributed by atoms with Crippen LogP contribution < -0.4 is 10.6 Å². The highest BCUT2D eigenvalue weighted by molar-refractivity contribution is 7.13. The van der Waals surface area contributed by atoms with Crippen LogP contribution in [-0.4, -0.2) is 29.4 Å². The average Bonchev–Trinajstić information content (AvgIpc) is 3.47. The second-order valence-electron chi connectivity index (χ2n) is 7.75. The molecule has 31 heavy (non-hydrogen) atoms. The van der Waals surface area contributed by atoms with Gasteiger partial charge in [0.05, 0.1) is 5.69 Å². The molecule has 0 atom stereocenters. The maximum atomic E-state index is 12.1. The number of carbonyl (C=O) groups excluding carboxylic acids is 2. The Morgan fingerprint density at radius 3 is 2.55 bits per heavy atom. The van der Waals surface area contributed by atoms with Crippen molar-refractivity contribution in [2.24, 2.45) is 0 Å². The summed E-state index contributed by atoms with van der Waals surface area (Å²) in [5.74, 6) is -0.187. The second kappa shape index (κ2) is 9.71. The molecule has 3 aromatic rings. The molecule has 0 aliphatic heterocycles. The first kappa shape index (κ1) is 21.0. The van der Waals surface area contributed by atoms with Crippen LogP contribution in [0.1, 0.15) is 40.0 Å². The van der Waals surface area contributed by atoms with Gasteiger partial charge >= 0.3 is 0 Å². The van der Waals surface area contributed by atoms with Crippen LogP contribution in [0.5, 0.6) is 0 Å². The molecule has 0 spiro atoms. The Labute approximate surface area is 186 Å². The van der Waals surface area contributed by atoms with E-state index >= 15 is 0 Å². The van der Waals surface area contributed by atoms with E-state index in [1.807, 2.05) is 17.5 Å². The van der Waals surface area contributed by atoms with Crippen LogP contribution in [0.2, 0.25) is 0 Å². The number of nitrogens with one attached hydrogen (secondary N) is 2. The van der Waals surface area contributed by atoms with Gasteiger partial charge in [-0.25, -0.2) is 4.98 Å². The fourth-order valence-electron chi connectivity index (χ4n) is 3.04. The van der Waals surface area contributed by atoms with Crippen molar-refractivity contribution in [1.29, 1.82) is 0 Å². The molecule has 1 fully saturated rings. The molecule has 2 amide bonds. The molecule has 6 heteroatoms. The van der Waals surface area contributed by atoms with E-state index in [4.69, 9.17) is 0 Å². The molecule has 2 N–H and O–H groups in total. The van der Waals surface area contributed by atoms with E-state index in [2.05, 4.69) is 46.8 Å². The molecule has 1 aromatic heterocycles. The van der Waals surface area contributed by atoms with Crippen LogP contribution in [0.4, 0.5) is 0 Å². The van der Waals surface area contributed by atoms with Gasteiger partial charge in [0.15, 0.2) is 0 Å². The molecule has 1 heterocycles. The summed E-state index contributed by atoms with van der Waals surface area (Å²) in [6.07, 6.45) is 6.08. The highest BCUT2D eigenvalue weighted by atomic mass is 32.1. The lowest BCUT2D eigenvalue weighted by Crippen LogP contribution is -2.25. The zero-order chi connectivity index (χ0) is 21.6. The van der Waals surface area contributed by atoms with Crippen molar-refractivity contribution in [3.8, 4) is 10.6 Å². The summed E-state index contributed by atoms with van der Waals surface area (Å²) in [6, 6.07) is 15.9. The first-order valence-corrected chi connectivity index (χ1v) is 11.3. The Balaban J connectivity index is 1.22. The highest BCUT2D eigenvalue weighted by Crippen LogP contribution is 2.24. The number of hydrogen-bond donors (Lipinski definition) is 2. The van der Waals surface area contributed by atoms with E-state index in [9.17, 15) is 9.59 Å². The summed E-state index contributed by atoms with van der Waals surface area (Å²) in [5, 5.41) is 8.89. The molecule has 0 saturated heterocycles. The van der Waals surface area contributed by atoms with E-state index < -0.39 is 0 Å². The van der Waals surface area contributed by atoms with Crippen LogP contribution in [0, 0.1) is 6.92 Å². The predicted molar refractivity (Wildman–Crippen MR) is 125 cm³/mol. The standard InChI is InChI=1S/C25H25N3O2S/c1-17-2-7-20(8-3-17)25-28-22(16-31-25)14-15-26-23(29)13-6-18-4-9-19(10-5-18)24(30)27-21-11-12-21/h2-10,13,16,21H,11-12,14-15H2,1H3,(H,26,29)(H,27,30)/b13-6+. The number of carbonyl (C=O) groups is 2. The van der Waals surface area contributed by atoms with Gasteiger partial charge in [-0.3, -0.25) is 9.59 Å². The lowest BCUT2D eigenvalue weighted by atomic mass is 10.1. The van der Waals surface area contributed by atoms with Gasteiger partial charge in [-0.05, 0) is 43.5 Å². The highest BCUT2D eigenvalue weighted by Gasteiger charge is 2.23. The largest absolute Gasteiger partial charge is 0.352 e. The van der Waals surface area contributed by atoms with Gasteiger partial charge in [0.1, 0.15) is 5.01 Å². The fraction of sp³-hybridized carbons (Fsp3) is 0.240. The number of rotatable bonds is 8. The Kier molecular flexibility index (Phi) is 6.57. The van der Waals surface area contributed by atoms with Crippen molar-refractivity contribution >= 4 is 29.2 Å². The maximum Gasteiger partial charge on any atom is 0.251 e. The lowest BCUT2D eigenvalue weighted by Gasteiger charge is -2.03. The number of aromatic nitrogens is 1. The number of hydrogen-bond acceptors (Lipinski definition) is 4. The van der Waals surface area contributed by atoms with Crippen molar-refractivity contribution in [3.05, 3.63) is 82.4 Å². The molecule has 1 aliphatic rings. The molecule has 2 aromatic carbocycles. The van der Waals surface area contributed by atoms with Gasteiger partial charge in [-0.1, -0.05) is 42.0 Å². The van der Waals surface area contributed by atoms with Crippen molar-refractivity contribution in [3.63, 3.8) is 0 Å². The topological polar surface area (TPSA) is 71.1 Å². The third kappa shape index (κ3) is 6.12. The smallest absolute Gasteiger partial charge is 0.251 e. The molecule has 1 aliphatic carbocycles. The van der Waals surface area contributed by atoms with Crippen molar-refractivity contribution in [1.82, 2.24) is 15.6 Å². The molecule has 158 valence electrons. The number of amides is 2. The number of benzene rings is 2. The third-order valence-corrected chi connectivity index (χ3v) is 5.98. The van der Waals surface area contributed by atoms with Crippen molar-refractivity contribution in [2.75, 3.05) is 6.54 Å². The monoisotopic (exact) mass is 431 g/mol. The van der Waals surface area contributed by atoms with Gasteiger partial charge in [0, 0.05) is 41.6 Å². The summed E-state index contributed by atoms with van der Waals surface area (Å²) in [4.78, 5) is 28.8. The molecular weight excluding hydrogens is 406 g/mol. The second-order valence-corrected chi connectivity index (χ2v) is 8.61. The lowest BCUT2D eigenvalue weighted by molar-refractivity contribution is -0.116. The minimum absolute atomic E-state index is 0.0386. The molecule has 0 radical (unpaired) electrons. The Hall–Kier alpha value is -3.25. The summed E-state index contributed by atoms with van der Waals surface area (Å²) < 4.78 is 0. The predicted octanol–water partition coefficient (Wildman–Crippen LogP) is 4.38. The molecule has 4 rings (SSSR count). The SMILES string of the molecule is Cc1ccc(-c2nc(CCNC(=O)/C=C/c3ccc(C(=O)NC4CC4)cc3)cs2)cc1. The molecule has 5 nitrogen and oxygen atoms in total. The quantitative estimate of drug-likeness (QED) is 0.520. The van der Waals surface area contributed by atoms with Crippen LogP contribution in [-0.2, 0) is 11.2 Å². The molecule has 0 bridgehead atoms. The molecular formula is C25H25N3O2S. The van der Waals surface area contributed by atoms with E-state index in [0.717, 1.165) is 34.7 Å². The molecule has 0 unspecified atom stereocenters.